The number of nitrogens with one attached hydrogen (secondary N) is 2. The first-order chi connectivity index (χ1) is 14.7. The van der Waals surface area contributed by atoms with E-state index in [1.807, 2.05) is 30.5 Å². The van der Waals surface area contributed by atoms with Gasteiger partial charge in [-0.2, -0.15) is 0 Å². The molecule has 3 aliphatic heterocycles. The number of ether oxygens (including phenoxy) is 1. The van der Waals surface area contributed by atoms with Gasteiger partial charge in [0.1, 0.15) is 6.61 Å². The number of anilines is 1. The van der Waals surface area contributed by atoms with Crippen molar-refractivity contribution in [2.75, 3.05) is 31.6 Å². The molecule has 2 saturated heterocycles. The number of cyclic esters (lactones) is 1. The van der Waals surface area contributed by atoms with Crippen LogP contribution >= 0.6 is 0 Å². The second kappa shape index (κ2) is 7.99. The molecule has 4 heterocycles. The van der Waals surface area contributed by atoms with E-state index in [9.17, 15) is 9.59 Å². The number of hydrogen-bond donors (Lipinski definition) is 2. The molecule has 0 saturated carbocycles. The van der Waals surface area contributed by atoms with Crippen LogP contribution in [-0.2, 0) is 22.6 Å². The van der Waals surface area contributed by atoms with Gasteiger partial charge in [0, 0.05) is 36.2 Å². The van der Waals surface area contributed by atoms with Crippen LogP contribution in [0, 0.1) is 0 Å². The molecule has 2 N–H and O–H groups in total. The van der Waals surface area contributed by atoms with Gasteiger partial charge in [-0.15, -0.1) is 0 Å². The van der Waals surface area contributed by atoms with Crippen LogP contribution < -0.4 is 5.32 Å². The summed E-state index contributed by atoms with van der Waals surface area (Å²) >= 11 is 0. The number of rotatable bonds is 5. The number of piperidine rings is 1. The maximum atomic E-state index is 12.6. The number of nitrogens with zero attached hydrogens (tertiary/aromatic N) is 2. The fraction of sp³-hybridized carbons (Fsp3) is 0.391. The molecule has 7 nitrogen and oxygen atoms in total. The Labute approximate surface area is 175 Å². The summed E-state index contributed by atoms with van der Waals surface area (Å²) in [5, 5.41) is 2.94. The molecule has 0 spiro atoms. The smallest absolute Gasteiger partial charge is 0.410 e. The molecule has 1 aromatic carbocycles. The molecule has 7 heteroatoms. The van der Waals surface area contributed by atoms with Gasteiger partial charge in [0.2, 0.25) is 0 Å². The maximum absolute atomic E-state index is 12.6. The Bertz CT molecular complexity index is 1000. The fourth-order valence-electron chi connectivity index (χ4n) is 4.43. The molecule has 0 radical (unpaired) electrons. The molecule has 156 valence electrons. The topological polar surface area (TPSA) is 77.7 Å². The van der Waals surface area contributed by atoms with E-state index in [2.05, 4.69) is 21.3 Å². The first kappa shape index (κ1) is 18.9. The van der Waals surface area contributed by atoms with Crippen molar-refractivity contribution in [3.05, 3.63) is 52.8 Å². The van der Waals surface area contributed by atoms with Crippen molar-refractivity contribution in [1.29, 1.82) is 0 Å². The normalized spacial score (nSPS) is 20.5. The predicted molar refractivity (Wildman–Crippen MR) is 115 cm³/mol. The summed E-state index contributed by atoms with van der Waals surface area (Å²) in [6.07, 6.45) is 7.54. The van der Waals surface area contributed by atoms with Gasteiger partial charge in [0.15, 0.2) is 0 Å². The third kappa shape index (κ3) is 3.85. The molecule has 0 bridgehead atoms. The summed E-state index contributed by atoms with van der Waals surface area (Å²) in [6.45, 7) is 4.77. The van der Waals surface area contributed by atoms with Crippen molar-refractivity contribution in [3.63, 3.8) is 0 Å². The number of hydrogen-bond acceptors (Lipinski definition) is 4. The van der Waals surface area contributed by atoms with Crippen molar-refractivity contribution in [2.45, 2.75) is 32.4 Å². The van der Waals surface area contributed by atoms with Crippen molar-refractivity contribution in [1.82, 2.24) is 14.8 Å². The summed E-state index contributed by atoms with van der Waals surface area (Å²) in [6, 6.07) is 7.96. The Morgan fingerprint density at radius 3 is 2.67 bits per heavy atom. The zero-order valence-corrected chi connectivity index (χ0v) is 16.9. The van der Waals surface area contributed by atoms with Gasteiger partial charge in [0.25, 0.3) is 5.91 Å². The average molecular weight is 406 g/mol. The lowest BCUT2D eigenvalue weighted by atomic mass is 10.0. The lowest BCUT2D eigenvalue weighted by Crippen LogP contribution is -2.28. The Morgan fingerprint density at radius 1 is 1.00 bits per heavy atom. The standard InChI is InChI=1S/C23H26N4O3/c28-22-20(12-18-10-17(13-24-18)14-26-6-2-1-3-7-26)19-11-16(4-5-21(19)25-22)15-27-8-9-30-23(27)29/h4-5,10-13,24H,1-3,6-9,14-15H2,(H,25,28). The van der Waals surface area contributed by atoms with Gasteiger partial charge < -0.3 is 19.9 Å². The Kier molecular flexibility index (Phi) is 5.04. The number of carbonyl (C=O) groups excluding carboxylic acids is 2. The Balaban J connectivity index is 1.35. The molecular weight excluding hydrogens is 380 g/mol. The quantitative estimate of drug-likeness (QED) is 0.746. The molecule has 1 aromatic heterocycles. The second-order valence-corrected chi connectivity index (χ2v) is 8.23. The van der Waals surface area contributed by atoms with Crippen LogP contribution in [-0.4, -0.2) is 53.0 Å². The van der Waals surface area contributed by atoms with Gasteiger partial charge in [-0.3, -0.25) is 9.69 Å². The van der Waals surface area contributed by atoms with Crippen molar-refractivity contribution in [3.8, 4) is 0 Å². The third-order valence-electron chi connectivity index (χ3n) is 6.01. The van der Waals surface area contributed by atoms with Crippen LogP contribution in [0.25, 0.3) is 11.6 Å². The third-order valence-corrected chi connectivity index (χ3v) is 6.01. The van der Waals surface area contributed by atoms with Crippen LogP contribution in [0.3, 0.4) is 0 Å². The van der Waals surface area contributed by atoms with Crippen molar-refractivity contribution >= 4 is 29.3 Å². The lowest BCUT2D eigenvalue weighted by Gasteiger charge is -2.25. The molecule has 30 heavy (non-hydrogen) atoms. The summed E-state index contributed by atoms with van der Waals surface area (Å²) in [4.78, 5) is 31.8. The first-order valence-electron chi connectivity index (χ1n) is 10.6. The second-order valence-electron chi connectivity index (χ2n) is 8.23. The van der Waals surface area contributed by atoms with Crippen LogP contribution in [0.4, 0.5) is 10.5 Å². The minimum Gasteiger partial charge on any atom is -0.448 e. The number of likely N-dealkylation sites (tertiary alicyclic amines) is 1. The highest BCUT2D eigenvalue weighted by molar-refractivity contribution is 6.34. The Morgan fingerprint density at radius 2 is 1.87 bits per heavy atom. The zero-order chi connectivity index (χ0) is 20.5. The number of aromatic amines is 1. The average Bonchev–Trinajstić information content (AvgIpc) is 3.44. The summed E-state index contributed by atoms with van der Waals surface area (Å²) in [5.74, 6) is -0.102. The monoisotopic (exact) mass is 406 g/mol. The van der Waals surface area contributed by atoms with E-state index in [1.54, 1.807) is 4.90 Å². The molecule has 2 amide bonds. The number of carbonyl (C=O) groups is 2. The molecule has 5 rings (SSSR count). The minimum absolute atomic E-state index is 0.102. The van der Waals surface area contributed by atoms with E-state index in [0.29, 0.717) is 25.3 Å². The molecule has 0 unspecified atom stereocenters. The number of aromatic nitrogens is 1. The highest BCUT2D eigenvalue weighted by atomic mass is 16.6. The largest absolute Gasteiger partial charge is 0.448 e. The molecule has 2 fully saturated rings. The van der Waals surface area contributed by atoms with Gasteiger partial charge in [0.05, 0.1) is 12.1 Å². The van der Waals surface area contributed by atoms with Gasteiger partial charge in [-0.1, -0.05) is 12.5 Å². The molecule has 3 aliphatic rings. The first-order valence-corrected chi connectivity index (χ1v) is 10.6. The van der Waals surface area contributed by atoms with E-state index in [1.165, 1.54) is 24.8 Å². The van der Waals surface area contributed by atoms with Crippen molar-refractivity contribution in [2.24, 2.45) is 0 Å². The number of fused-ring (bicyclic) bond motifs is 1. The molecule has 0 aliphatic carbocycles. The van der Waals surface area contributed by atoms with E-state index in [0.717, 1.165) is 42.1 Å². The highest BCUT2D eigenvalue weighted by Gasteiger charge is 2.26. The lowest BCUT2D eigenvalue weighted by molar-refractivity contribution is -0.110. The van der Waals surface area contributed by atoms with Gasteiger partial charge in [-0.25, -0.2) is 4.79 Å². The number of H-pyrrole nitrogens is 1. The Hall–Kier alpha value is -3.06. The summed E-state index contributed by atoms with van der Waals surface area (Å²) in [7, 11) is 0. The molecular formula is C23H26N4O3. The van der Waals surface area contributed by atoms with E-state index >= 15 is 0 Å². The van der Waals surface area contributed by atoms with E-state index in [-0.39, 0.29) is 12.0 Å². The predicted octanol–water partition coefficient (Wildman–Crippen LogP) is 3.45. The number of amides is 2. The zero-order valence-electron chi connectivity index (χ0n) is 16.9. The van der Waals surface area contributed by atoms with Crippen LogP contribution in [0.5, 0.6) is 0 Å². The van der Waals surface area contributed by atoms with E-state index in [4.69, 9.17) is 4.74 Å². The number of benzene rings is 1. The molecule has 2 aromatic rings. The maximum Gasteiger partial charge on any atom is 0.410 e. The molecule has 0 atom stereocenters. The van der Waals surface area contributed by atoms with E-state index < -0.39 is 0 Å². The van der Waals surface area contributed by atoms with Gasteiger partial charge >= 0.3 is 6.09 Å². The van der Waals surface area contributed by atoms with Crippen LogP contribution in [0.15, 0.2) is 30.5 Å². The SMILES string of the molecule is O=C1Nc2ccc(CN3CCOC3=O)cc2C1=Cc1cc(CN2CCCCC2)c[nH]1. The van der Waals surface area contributed by atoms with Crippen LogP contribution in [0.2, 0.25) is 0 Å². The summed E-state index contributed by atoms with van der Waals surface area (Å²) < 4.78 is 5.01. The fourth-order valence-corrected chi connectivity index (χ4v) is 4.43. The highest BCUT2D eigenvalue weighted by Crippen LogP contribution is 2.34. The van der Waals surface area contributed by atoms with Crippen LogP contribution in [0.1, 0.15) is 41.6 Å². The minimum atomic E-state index is -0.284. The van der Waals surface area contributed by atoms with Crippen molar-refractivity contribution < 1.29 is 14.3 Å². The van der Waals surface area contributed by atoms with Gasteiger partial charge in [-0.05, 0) is 61.3 Å². The summed E-state index contributed by atoms with van der Waals surface area (Å²) in [5.41, 5.74) is 5.46.